The maximum absolute atomic E-state index is 5.74. The number of hydrogen-bond donors (Lipinski definition) is 0. The van der Waals surface area contributed by atoms with Gasteiger partial charge in [0.05, 0.1) is 6.61 Å². The van der Waals surface area contributed by atoms with Crippen LogP contribution in [0.4, 0.5) is 5.82 Å². The Morgan fingerprint density at radius 2 is 2.00 bits per heavy atom. The summed E-state index contributed by atoms with van der Waals surface area (Å²) in [5.41, 5.74) is 4.24. The van der Waals surface area contributed by atoms with Crippen LogP contribution in [-0.4, -0.2) is 28.1 Å². The fraction of sp³-hybridized carbons (Fsp3) is 0.316. The van der Waals surface area contributed by atoms with Gasteiger partial charge >= 0.3 is 0 Å². The quantitative estimate of drug-likeness (QED) is 0.737. The van der Waals surface area contributed by atoms with E-state index >= 15 is 0 Å². The first-order chi connectivity index (χ1) is 11.8. The summed E-state index contributed by atoms with van der Waals surface area (Å²) in [6.45, 7) is 4.70. The number of hydrogen-bond acceptors (Lipinski definition) is 5. The molecule has 0 aliphatic carbocycles. The summed E-state index contributed by atoms with van der Waals surface area (Å²) < 4.78 is 5.74. The molecule has 0 amide bonds. The third kappa shape index (κ3) is 2.89. The first-order valence-corrected chi connectivity index (χ1v) is 8.41. The highest BCUT2D eigenvalue weighted by Gasteiger charge is 2.18. The lowest BCUT2D eigenvalue weighted by Crippen LogP contribution is -2.31. The number of anilines is 1. The zero-order chi connectivity index (χ0) is 16.4. The van der Waals surface area contributed by atoms with Crippen molar-refractivity contribution < 1.29 is 4.74 Å². The number of rotatable bonds is 4. The summed E-state index contributed by atoms with van der Waals surface area (Å²) in [6, 6.07) is 10.4. The van der Waals surface area contributed by atoms with Crippen LogP contribution in [0.3, 0.4) is 0 Å². The van der Waals surface area contributed by atoms with E-state index in [1.54, 1.807) is 12.4 Å². The minimum atomic E-state index is 0.698. The largest absolute Gasteiger partial charge is 0.494 e. The van der Waals surface area contributed by atoms with Crippen LogP contribution in [0.2, 0.25) is 0 Å². The minimum absolute atomic E-state index is 0.698. The second-order valence-corrected chi connectivity index (χ2v) is 6.02. The highest BCUT2D eigenvalue weighted by Crippen LogP contribution is 2.27. The number of fused-ring (bicyclic) bond motifs is 2. The van der Waals surface area contributed by atoms with E-state index in [-0.39, 0.29) is 0 Å². The third-order valence-electron chi connectivity index (χ3n) is 4.30. The maximum Gasteiger partial charge on any atom is 0.180 e. The van der Waals surface area contributed by atoms with Gasteiger partial charge in [0.2, 0.25) is 0 Å². The van der Waals surface area contributed by atoms with Crippen LogP contribution in [0, 0.1) is 0 Å². The predicted molar refractivity (Wildman–Crippen MR) is 94.3 cm³/mol. The molecule has 122 valence electrons. The Bertz CT molecular complexity index is 865. The molecule has 3 heterocycles. The lowest BCUT2D eigenvalue weighted by Gasteiger charge is -2.30. The van der Waals surface area contributed by atoms with Crippen molar-refractivity contribution in [2.24, 2.45) is 0 Å². The molecule has 0 fully saturated rings. The van der Waals surface area contributed by atoms with Gasteiger partial charge < -0.3 is 9.64 Å². The Kier molecular flexibility index (Phi) is 3.99. The molecule has 0 N–H and O–H groups in total. The molecule has 0 spiro atoms. The molecule has 5 nitrogen and oxygen atoms in total. The summed E-state index contributed by atoms with van der Waals surface area (Å²) in [6.07, 6.45) is 5.40. The van der Waals surface area contributed by atoms with Crippen LogP contribution in [-0.2, 0) is 13.0 Å². The van der Waals surface area contributed by atoms with Gasteiger partial charge in [-0.3, -0.25) is 4.98 Å². The van der Waals surface area contributed by atoms with Crippen molar-refractivity contribution in [3.8, 4) is 5.75 Å². The molecule has 0 unspecified atom stereocenters. The Hall–Kier alpha value is -2.69. The minimum Gasteiger partial charge on any atom is -0.494 e. The SMILES string of the molecule is CCCOc1ccc2c(c1)CCN(c1ccc3nccnc3n1)C2. The zero-order valence-electron chi connectivity index (χ0n) is 13.8. The monoisotopic (exact) mass is 320 g/mol. The van der Waals surface area contributed by atoms with Gasteiger partial charge in [0.25, 0.3) is 0 Å². The van der Waals surface area contributed by atoms with Crippen molar-refractivity contribution in [1.29, 1.82) is 0 Å². The fourth-order valence-corrected chi connectivity index (χ4v) is 3.06. The summed E-state index contributed by atoms with van der Waals surface area (Å²) in [5, 5.41) is 0. The molecule has 4 rings (SSSR count). The van der Waals surface area contributed by atoms with E-state index in [9.17, 15) is 0 Å². The van der Waals surface area contributed by atoms with Gasteiger partial charge in [-0.2, -0.15) is 0 Å². The standard InChI is InChI=1S/C19H20N4O/c1-2-11-24-16-4-3-15-13-23(10-7-14(15)12-16)18-6-5-17-19(22-18)21-9-8-20-17/h3-6,8-9,12H,2,7,10-11,13H2,1H3. The van der Waals surface area contributed by atoms with Crippen LogP contribution in [0.25, 0.3) is 11.2 Å². The van der Waals surface area contributed by atoms with Crippen LogP contribution < -0.4 is 9.64 Å². The van der Waals surface area contributed by atoms with Crippen molar-refractivity contribution in [1.82, 2.24) is 15.0 Å². The molecule has 0 atom stereocenters. The van der Waals surface area contributed by atoms with Gasteiger partial charge in [-0.25, -0.2) is 9.97 Å². The number of pyridine rings is 1. The molecular formula is C19H20N4O. The third-order valence-corrected chi connectivity index (χ3v) is 4.30. The van der Waals surface area contributed by atoms with Gasteiger partial charge in [-0.15, -0.1) is 0 Å². The van der Waals surface area contributed by atoms with Crippen LogP contribution in [0.5, 0.6) is 5.75 Å². The first-order valence-electron chi connectivity index (χ1n) is 8.41. The summed E-state index contributed by atoms with van der Waals surface area (Å²) in [7, 11) is 0. The average molecular weight is 320 g/mol. The molecule has 1 aliphatic rings. The number of ether oxygens (including phenoxy) is 1. The molecule has 5 heteroatoms. The van der Waals surface area contributed by atoms with E-state index in [4.69, 9.17) is 4.74 Å². The summed E-state index contributed by atoms with van der Waals surface area (Å²) in [5.74, 6) is 1.93. The van der Waals surface area contributed by atoms with Gasteiger partial charge in [0.15, 0.2) is 5.65 Å². The first kappa shape index (κ1) is 14.9. The molecule has 3 aromatic rings. The Labute approximate surface area is 141 Å². The van der Waals surface area contributed by atoms with Gasteiger partial charge in [0.1, 0.15) is 17.1 Å². The van der Waals surface area contributed by atoms with Gasteiger partial charge in [-0.05, 0) is 48.2 Å². The van der Waals surface area contributed by atoms with Crippen LogP contribution in [0.1, 0.15) is 24.5 Å². The molecular weight excluding hydrogens is 300 g/mol. The fourth-order valence-electron chi connectivity index (χ4n) is 3.06. The Balaban J connectivity index is 1.56. The van der Waals surface area contributed by atoms with Crippen molar-refractivity contribution in [3.63, 3.8) is 0 Å². The highest BCUT2D eigenvalue weighted by molar-refractivity contribution is 5.71. The topological polar surface area (TPSA) is 51.1 Å². The van der Waals surface area contributed by atoms with E-state index in [2.05, 4.69) is 45.0 Å². The highest BCUT2D eigenvalue weighted by atomic mass is 16.5. The average Bonchev–Trinajstić information content (AvgIpc) is 2.65. The number of benzene rings is 1. The van der Waals surface area contributed by atoms with E-state index in [1.165, 1.54) is 11.1 Å². The molecule has 1 aliphatic heterocycles. The smallest absolute Gasteiger partial charge is 0.180 e. The van der Waals surface area contributed by atoms with E-state index in [0.717, 1.165) is 49.6 Å². The van der Waals surface area contributed by atoms with Crippen molar-refractivity contribution in [2.45, 2.75) is 26.3 Å². The molecule has 0 saturated heterocycles. The predicted octanol–water partition coefficient (Wildman–Crippen LogP) is 3.38. The van der Waals surface area contributed by atoms with Crippen LogP contribution >= 0.6 is 0 Å². The molecule has 24 heavy (non-hydrogen) atoms. The van der Waals surface area contributed by atoms with Crippen molar-refractivity contribution in [2.75, 3.05) is 18.1 Å². The molecule has 0 bridgehead atoms. The summed E-state index contributed by atoms with van der Waals surface area (Å²) in [4.78, 5) is 15.5. The zero-order valence-corrected chi connectivity index (χ0v) is 13.8. The molecule has 2 aromatic heterocycles. The number of nitrogens with zero attached hydrogens (tertiary/aromatic N) is 4. The second-order valence-electron chi connectivity index (χ2n) is 6.02. The lowest BCUT2D eigenvalue weighted by molar-refractivity contribution is 0.317. The maximum atomic E-state index is 5.74. The second kappa shape index (κ2) is 6.43. The van der Waals surface area contributed by atoms with E-state index in [0.29, 0.717) is 5.65 Å². The van der Waals surface area contributed by atoms with Crippen LogP contribution in [0.15, 0.2) is 42.7 Å². The Morgan fingerprint density at radius 3 is 2.92 bits per heavy atom. The van der Waals surface area contributed by atoms with E-state index < -0.39 is 0 Å². The lowest BCUT2D eigenvalue weighted by atomic mass is 9.99. The van der Waals surface area contributed by atoms with Gasteiger partial charge in [0, 0.05) is 25.5 Å². The molecule has 0 saturated carbocycles. The molecule has 1 aromatic carbocycles. The number of aromatic nitrogens is 3. The van der Waals surface area contributed by atoms with E-state index in [1.807, 2.05) is 12.1 Å². The summed E-state index contributed by atoms with van der Waals surface area (Å²) >= 11 is 0. The van der Waals surface area contributed by atoms with Gasteiger partial charge in [-0.1, -0.05) is 13.0 Å². The Morgan fingerprint density at radius 1 is 1.08 bits per heavy atom. The normalized spacial score (nSPS) is 13.8. The van der Waals surface area contributed by atoms with Crippen molar-refractivity contribution >= 4 is 17.0 Å². The molecule has 0 radical (unpaired) electrons. The van der Waals surface area contributed by atoms with Crippen molar-refractivity contribution in [3.05, 3.63) is 53.9 Å².